The topological polar surface area (TPSA) is 35.5 Å². The second-order valence-corrected chi connectivity index (χ2v) is 7.97. The highest BCUT2D eigenvalue weighted by atomic mass is 16.5. The normalized spacial score (nSPS) is 30.0. The van der Waals surface area contributed by atoms with Crippen LogP contribution in [0.4, 0.5) is 0 Å². The zero-order valence-corrected chi connectivity index (χ0v) is 15.7. The Labute approximate surface area is 151 Å². The molecule has 1 saturated carbocycles. The van der Waals surface area contributed by atoms with Gasteiger partial charge < -0.3 is 9.47 Å². The van der Waals surface area contributed by atoms with Crippen molar-refractivity contribution in [3.05, 3.63) is 48.0 Å². The molecule has 0 spiro atoms. The third-order valence-corrected chi connectivity index (χ3v) is 6.48. The van der Waals surface area contributed by atoms with Crippen LogP contribution in [-0.4, -0.2) is 24.8 Å². The Bertz CT molecular complexity index is 632. The molecular formula is C22H30O3. The SMILES string of the molecule is C=C(C)[C@@H]1C[C@]2(COC(=O)c3ccccc3)COC(CC)(CC)[C@@H]1C2. The van der Waals surface area contributed by atoms with Crippen molar-refractivity contribution in [2.45, 2.75) is 52.1 Å². The van der Waals surface area contributed by atoms with E-state index in [1.165, 1.54) is 5.57 Å². The molecule has 1 saturated heterocycles. The molecule has 3 heteroatoms. The molecule has 2 aliphatic rings. The van der Waals surface area contributed by atoms with Gasteiger partial charge in [0.25, 0.3) is 0 Å². The van der Waals surface area contributed by atoms with Crippen molar-refractivity contribution in [2.24, 2.45) is 17.3 Å². The molecule has 2 fully saturated rings. The Morgan fingerprint density at radius 3 is 2.52 bits per heavy atom. The third-order valence-electron chi connectivity index (χ3n) is 6.48. The van der Waals surface area contributed by atoms with E-state index in [9.17, 15) is 4.79 Å². The van der Waals surface area contributed by atoms with Gasteiger partial charge in [0.2, 0.25) is 0 Å². The molecular weight excluding hydrogens is 312 g/mol. The molecule has 1 aliphatic carbocycles. The van der Waals surface area contributed by atoms with Crippen LogP contribution >= 0.6 is 0 Å². The van der Waals surface area contributed by atoms with Gasteiger partial charge in [0.1, 0.15) is 0 Å². The lowest BCUT2D eigenvalue weighted by Gasteiger charge is -2.46. The summed E-state index contributed by atoms with van der Waals surface area (Å²) < 4.78 is 12.1. The van der Waals surface area contributed by atoms with Crippen LogP contribution in [-0.2, 0) is 9.47 Å². The summed E-state index contributed by atoms with van der Waals surface area (Å²) in [5.41, 5.74) is 1.73. The number of hydrogen-bond donors (Lipinski definition) is 0. The van der Waals surface area contributed by atoms with Crippen molar-refractivity contribution in [3.8, 4) is 0 Å². The zero-order valence-electron chi connectivity index (χ0n) is 15.7. The van der Waals surface area contributed by atoms with Gasteiger partial charge in [-0.25, -0.2) is 4.79 Å². The summed E-state index contributed by atoms with van der Waals surface area (Å²) in [6.07, 6.45) is 4.13. The second kappa shape index (κ2) is 6.95. The van der Waals surface area contributed by atoms with Crippen LogP contribution in [0.1, 0.15) is 56.8 Å². The highest BCUT2D eigenvalue weighted by Crippen LogP contribution is 2.58. The number of allylic oxidation sites excluding steroid dienone is 1. The number of ether oxygens (including phenoxy) is 2. The average Bonchev–Trinajstić information content (AvgIpc) is 2.97. The van der Waals surface area contributed by atoms with E-state index in [4.69, 9.17) is 9.47 Å². The van der Waals surface area contributed by atoms with Crippen LogP contribution in [0.25, 0.3) is 0 Å². The first-order chi connectivity index (χ1) is 12.0. The minimum absolute atomic E-state index is 0.0486. The summed E-state index contributed by atoms with van der Waals surface area (Å²) in [6, 6.07) is 9.21. The van der Waals surface area contributed by atoms with Crippen molar-refractivity contribution < 1.29 is 14.3 Å². The molecule has 3 atom stereocenters. The molecule has 0 aromatic heterocycles. The lowest BCUT2D eigenvalue weighted by Crippen LogP contribution is -2.48. The van der Waals surface area contributed by atoms with Gasteiger partial charge >= 0.3 is 5.97 Å². The highest BCUT2D eigenvalue weighted by Gasteiger charge is 2.58. The van der Waals surface area contributed by atoms with Crippen molar-refractivity contribution in [3.63, 3.8) is 0 Å². The standard InChI is InChI=1S/C22H30O3/c1-5-22(6-2)19-13-21(15-25-22,12-18(19)16(3)4)14-24-20(23)17-10-8-7-9-11-17/h7-11,18-19H,3,5-6,12-15H2,1-2,4H3/t18-,19+,21-/m0/s1. The Balaban J connectivity index is 1.74. The summed E-state index contributed by atoms with van der Waals surface area (Å²) in [5, 5.41) is 0. The first-order valence-electron chi connectivity index (χ1n) is 9.47. The molecule has 1 aromatic rings. The van der Waals surface area contributed by atoms with E-state index < -0.39 is 0 Å². The van der Waals surface area contributed by atoms with Crippen molar-refractivity contribution >= 4 is 5.97 Å². The molecule has 0 amide bonds. The van der Waals surface area contributed by atoms with Gasteiger partial charge in [-0.15, -0.1) is 0 Å². The molecule has 3 nitrogen and oxygen atoms in total. The van der Waals surface area contributed by atoms with E-state index in [0.717, 1.165) is 25.7 Å². The van der Waals surface area contributed by atoms with Crippen LogP contribution < -0.4 is 0 Å². The van der Waals surface area contributed by atoms with Crippen LogP contribution in [0.2, 0.25) is 0 Å². The van der Waals surface area contributed by atoms with Gasteiger partial charge in [-0.05, 0) is 56.6 Å². The number of carbonyl (C=O) groups excluding carboxylic acids is 1. The van der Waals surface area contributed by atoms with Crippen LogP contribution in [0, 0.1) is 17.3 Å². The number of rotatable bonds is 6. The van der Waals surface area contributed by atoms with Crippen molar-refractivity contribution in [1.82, 2.24) is 0 Å². The van der Waals surface area contributed by atoms with E-state index in [1.807, 2.05) is 18.2 Å². The monoisotopic (exact) mass is 342 g/mol. The fraction of sp³-hybridized carbons (Fsp3) is 0.591. The molecule has 3 rings (SSSR count). The Hall–Kier alpha value is -1.61. The van der Waals surface area contributed by atoms with Crippen LogP contribution in [0.5, 0.6) is 0 Å². The Morgan fingerprint density at radius 1 is 1.24 bits per heavy atom. The minimum Gasteiger partial charge on any atom is -0.461 e. The maximum absolute atomic E-state index is 12.3. The van der Waals surface area contributed by atoms with Gasteiger partial charge in [-0.3, -0.25) is 0 Å². The van der Waals surface area contributed by atoms with Crippen LogP contribution in [0.15, 0.2) is 42.5 Å². The molecule has 2 bridgehead atoms. The van der Waals surface area contributed by atoms with E-state index in [-0.39, 0.29) is 17.0 Å². The summed E-state index contributed by atoms with van der Waals surface area (Å²) >= 11 is 0. The van der Waals surface area contributed by atoms with Gasteiger partial charge in [0.05, 0.1) is 24.4 Å². The summed E-state index contributed by atoms with van der Waals surface area (Å²) in [4.78, 5) is 12.3. The number of benzene rings is 1. The summed E-state index contributed by atoms with van der Waals surface area (Å²) in [6.45, 7) is 11.9. The Kier molecular flexibility index (Phi) is 5.06. The first kappa shape index (κ1) is 18.2. The number of hydrogen-bond acceptors (Lipinski definition) is 3. The van der Waals surface area contributed by atoms with Gasteiger partial charge in [0, 0.05) is 5.41 Å². The van der Waals surface area contributed by atoms with Crippen molar-refractivity contribution in [1.29, 1.82) is 0 Å². The molecule has 0 N–H and O–H groups in total. The average molecular weight is 342 g/mol. The van der Waals surface area contributed by atoms with Gasteiger partial charge in [-0.1, -0.05) is 44.2 Å². The lowest BCUT2D eigenvalue weighted by molar-refractivity contribution is -0.159. The minimum atomic E-state index is -0.242. The second-order valence-electron chi connectivity index (χ2n) is 7.97. The molecule has 25 heavy (non-hydrogen) atoms. The first-order valence-corrected chi connectivity index (χ1v) is 9.47. The maximum Gasteiger partial charge on any atom is 0.338 e. The molecule has 1 aliphatic heterocycles. The molecule has 1 aromatic carbocycles. The molecule has 136 valence electrons. The van der Waals surface area contributed by atoms with Crippen LogP contribution in [0.3, 0.4) is 0 Å². The smallest absolute Gasteiger partial charge is 0.338 e. The third kappa shape index (κ3) is 3.27. The van der Waals surface area contributed by atoms with E-state index in [2.05, 4.69) is 27.4 Å². The summed E-state index contributed by atoms with van der Waals surface area (Å²) in [5.74, 6) is 0.690. The van der Waals surface area contributed by atoms with Crippen molar-refractivity contribution in [2.75, 3.05) is 13.2 Å². The van der Waals surface area contributed by atoms with E-state index in [1.54, 1.807) is 12.1 Å². The highest BCUT2D eigenvalue weighted by molar-refractivity contribution is 5.89. The van der Waals surface area contributed by atoms with E-state index in [0.29, 0.717) is 30.6 Å². The van der Waals surface area contributed by atoms with Gasteiger partial charge in [0.15, 0.2) is 0 Å². The molecule has 1 heterocycles. The largest absolute Gasteiger partial charge is 0.461 e. The zero-order chi connectivity index (χ0) is 18.1. The fourth-order valence-corrected chi connectivity index (χ4v) is 4.91. The number of esters is 1. The van der Waals surface area contributed by atoms with Gasteiger partial charge in [-0.2, -0.15) is 0 Å². The fourth-order valence-electron chi connectivity index (χ4n) is 4.91. The molecule has 0 radical (unpaired) electrons. The van der Waals surface area contributed by atoms with E-state index >= 15 is 0 Å². The lowest BCUT2D eigenvalue weighted by atomic mass is 9.72. The predicted octanol–water partition coefficient (Wildman–Crippen LogP) is 5.02. The predicted molar refractivity (Wildman–Crippen MR) is 99.5 cm³/mol. The summed E-state index contributed by atoms with van der Waals surface area (Å²) in [7, 11) is 0. The maximum atomic E-state index is 12.3. The number of carbonyl (C=O) groups is 1. The Morgan fingerprint density at radius 2 is 1.92 bits per heavy atom. The molecule has 0 unspecified atom stereocenters. The quantitative estimate of drug-likeness (QED) is 0.538. The number of fused-ring (bicyclic) bond motifs is 2.